The van der Waals surface area contributed by atoms with E-state index in [-0.39, 0.29) is 18.9 Å². The molecular formula is C58H103NO13. The first-order valence-corrected chi connectivity index (χ1v) is 28.5. The maximum absolute atomic E-state index is 13.2. The Bertz CT molecular complexity index is 1440. The van der Waals surface area contributed by atoms with E-state index in [0.29, 0.717) is 12.8 Å². The normalized spacial score (nSPS) is 26.0. The summed E-state index contributed by atoms with van der Waals surface area (Å²) in [4.78, 5) is 13.2. The Labute approximate surface area is 435 Å². The molecule has 0 aliphatic carbocycles. The number of amides is 1. The van der Waals surface area contributed by atoms with Crippen molar-refractivity contribution in [2.45, 2.75) is 280 Å². The first-order valence-electron chi connectivity index (χ1n) is 28.5. The van der Waals surface area contributed by atoms with Gasteiger partial charge in [0.25, 0.3) is 0 Å². The highest BCUT2D eigenvalue weighted by Crippen LogP contribution is 2.30. The van der Waals surface area contributed by atoms with E-state index in [0.717, 1.165) is 51.4 Å². The smallest absolute Gasteiger partial charge is 0.220 e. The zero-order valence-electron chi connectivity index (χ0n) is 44.7. The van der Waals surface area contributed by atoms with Crippen molar-refractivity contribution in [1.82, 2.24) is 5.32 Å². The minimum atomic E-state index is -1.79. The van der Waals surface area contributed by atoms with Crippen LogP contribution in [0.3, 0.4) is 0 Å². The van der Waals surface area contributed by atoms with Crippen LogP contribution in [-0.4, -0.2) is 140 Å². The molecule has 1 amide bonds. The van der Waals surface area contributed by atoms with Gasteiger partial charge < -0.3 is 65.1 Å². The van der Waals surface area contributed by atoms with E-state index in [1.807, 2.05) is 6.08 Å². The van der Waals surface area contributed by atoms with Crippen molar-refractivity contribution in [2.75, 3.05) is 19.8 Å². The SMILES string of the molecule is CCCCCCC/C=C\C/C=C\C/C=C\CCCCCCCCCCC(=O)NC(COC1OC(CO)C(OC2OC(CO)C(O)C(O)C2O)C(O)C1O)C(O)/C=C/CC/C=C/CCCCCCCCCCC. The molecule has 2 fully saturated rings. The molecular weight excluding hydrogens is 919 g/mol. The Hall–Kier alpha value is -2.31. The molecule has 72 heavy (non-hydrogen) atoms. The fourth-order valence-electron chi connectivity index (χ4n) is 9.02. The first-order chi connectivity index (χ1) is 35.1. The summed E-state index contributed by atoms with van der Waals surface area (Å²) < 4.78 is 22.7. The molecule has 2 rings (SSSR count). The topological polar surface area (TPSA) is 228 Å². The van der Waals surface area contributed by atoms with Crippen molar-refractivity contribution >= 4 is 5.91 Å². The lowest BCUT2D eigenvalue weighted by Crippen LogP contribution is -2.65. The predicted molar refractivity (Wildman–Crippen MR) is 286 cm³/mol. The van der Waals surface area contributed by atoms with E-state index < -0.39 is 86.8 Å². The zero-order chi connectivity index (χ0) is 52.4. The van der Waals surface area contributed by atoms with E-state index >= 15 is 0 Å². The van der Waals surface area contributed by atoms with Crippen LogP contribution in [-0.2, 0) is 23.7 Å². The van der Waals surface area contributed by atoms with Crippen molar-refractivity contribution in [3.05, 3.63) is 60.8 Å². The Morgan fingerprint density at radius 1 is 0.500 bits per heavy atom. The van der Waals surface area contributed by atoms with Crippen LogP contribution in [0.4, 0.5) is 0 Å². The number of unbranched alkanes of at least 4 members (excludes halogenated alkanes) is 23. The average Bonchev–Trinajstić information content (AvgIpc) is 3.38. The number of hydrogen-bond donors (Lipinski definition) is 9. The number of allylic oxidation sites excluding steroid dienone is 9. The van der Waals surface area contributed by atoms with E-state index in [1.54, 1.807) is 6.08 Å². The number of nitrogens with one attached hydrogen (secondary N) is 1. The van der Waals surface area contributed by atoms with E-state index in [2.05, 4.69) is 67.8 Å². The quantitative estimate of drug-likeness (QED) is 0.0205. The van der Waals surface area contributed by atoms with E-state index in [9.17, 15) is 45.6 Å². The number of hydrogen-bond acceptors (Lipinski definition) is 13. The van der Waals surface area contributed by atoms with Gasteiger partial charge in [0.05, 0.1) is 32.0 Å². The second kappa shape index (κ2) is 43.9. The summed E-state index contributed by atoms with van der Waals surface area (Å²) in [6, 6.07) is -0.937. The van der Waals surface area contributed by atoms with Gasteiger partial charge in [-0.05, 0) is 70.6 Å². The van der Waals surface area contributed by atoms with Gasteiger partial charge in [-0.2, -0.15) is 0 Å². The highest BCUT2D eigenvalue weighted by molar-refractivity contribution is 5.76. The summed E-state index contributed by atoms with van der Waals surface area (Å²) in [6.45, 7) is 2.75. The summed E-state index contributed by atoms with van der Waals surface area (Å²) >= 11 is 0. The molecule has 0 saturated carbocycles. The molecule has 0 aromatic heterocycles. The molecule has 2 aliphatic heterocycles. The van der Waals surface area contributed by atoms with Crippen LogP contribution in [0.5, 0.6) is 0 Å². The Morgan fingerprint density at radius 3 is 1.46 bits per heavy atom. The van der Waals surface area contributed by atoms with Gasteiger partial charge in [-0.1, -0.05) is 190 Å². The Morgan fingerprint density at radius 2 is 0.931 bits per heavy atom. The Balaban J connectivity index is 1.80. The average molecular weight is 1020 g/mol. The summed E-state index contributed by atoms with van der Waals surface area (Å²) in [5, 5.41) is 86.9. The van der Waals surface area contributed by atoms with Crippen LogP contribution in [0, 0.1) is 0 Å². The van der Waals surface area contributed by atoms with Crippen LogP contribution in [0.25, 0.3) is 0 Å². The number of aliphatic hydroxyl groups is 8. The van der Waals surface area contributed by atoms with Gasteiger partial charge in [-0.25, -0.2) is 0 Å². The molecule has 2 aliphatic rings. The fraction of sp³-hybridized carbons (Fsp3) is 0.810. The molecule has 418 valence electrons. The summed E-state index contributed by atoms with van der Waals surface area (Å²) in [5.74, 6) is -0.259. The molecule has 12 atom stereocenters. The molecule has 14 nitrogen and oxygen atoms in total. The molecule has 14 heteroatoms. The van der Waals surface area contributed by atoms with Crippen LogP contribution in [0.15, 0.2) is 60.8 Å². The van der Waals surface area contributed by atoms with E-state index in [4.69, 9.17) is 18.9 Å². The predicted octanol–water partition coefficient (Wildman–Crippen LogP) is 9.00. The molecule has 0 aromatic carbocycles. The fourth-order valence-corrected chi connectivity index (χ4v) is 9.02. The van der Waals surface area contributed by atoms with Gasteiger partial charge in [0.2, 0.25) is 5.91 Å². The number of carbonyl (C=O) groups excluding carboxylic acids is 1. The number of carbonyl (C=O) groups is 1. The number of aliphatic hydroxyl groups excluding tert-OH is 8. The van der Waals surface area contributed by atoms with Crippen LogP contribution in [0.1, 0.15) is 206 Å². The van der Waals surface area contributed by atoms with Gasteiger partial charge in [-0.3, -0.25) is 4.79 Å². The van der Waals surface area contributed by atoms with Crippen molar-refractivity contribution in [3.8, 4) is 0 Å². The van der Waals surface area contributed by atoms with Gasteiger partial charge in [-0.15, -0.1) is 0 Å². The zero-order valence-corrected chi connectivity index (χ0v) is 44.7. The van der Waals surface area contributed by atoms with Crippen LogP contribution < -0.4 is 5.32 Å². The molecule has 0 aromatic rings. The minimum absolute atomic E-state index is 0.259. The second-order valence-electron chi connectivity index (χ2n) is 20.1. The Kier molecular flexibility index (Phi) is 40.1. The third-order valence-corrected chi connectivity index (χ3v) is 13.7. The lowest BCUT2D eigenvalue weighted by Gasteiger charge is -2.46. The molecule has 9 N–H and O–H groups in total. The van der Waals surface area contributed by atoms with Crippen LogP contribution >= 0.6 is 0 Å². The van der Waals surface area contributed by atoms with Crippen molar-refractivity contribution < 1.29 is 64.6 Å². The highest BCUT2D eigenvalue weighted by atomic mass is 16.7. The van der Waals surface area contributed by atoms with E-state index in [1.165, 1.54) is 122 Å². The molecule has 0 radical (unpaired) electrons. The molecule has 2 heterocycles. The number of ether oxygens (including phenoxy) is 4. The van der Waals surface area contributed by atoms with Crippen molar-refractivity contribution in [2.24, 2.45) is 0 Å². The lowest BCUT2D eigenvalue weighted by molar-refractivity contribution is -0.359. The summed E-state index contributed by atoms with van der Waals surface area (Å²) in [5.41, 5.74) is 0. The number of rotatable bonds is 44. The third-order valence-electron chi connectivity index (χ3n) is 13.7. The monoisotopic (exact) mass is 1020 g/mol. The largest absolute Gasteiger partial charge is 0.394 e. The third kappa shape index (κ3) is 29.7. The maximum Gasteiger partial charge on any atom is 0.220 e. The lowest BCUT2D eigenvalue weighted by atomic mass is 9.97. The molecule has 2 saturated heterocycles. The standard InChI is InChI=1S/C58H103NO13/c1-3-5-7-9-11-13-15-17-19-20-21-22-23-24-25-26-28-30-32-34-36-38-40-42-50(63)59-46(47(62)41-39-37-35-33-31-29-27-18-16-14-12-10-8-6-4-2)45-69-57-55(68)53(66)56(49(44-61)71-57)72-58-54(67)52(65)51(64)48(43-60)70-58/h15,17,20-21,23-24,31,33,39,41,46-49,51-58,60-62,64-68H,3-14,16,18-19,22,25-30,32,34-38,40,42-45H2,1-2H3,(H,59,63)/b17-15-,21-20-,24-23-,33-31+,41-39+. The van der Waals surface area contributed by atoms with Gasteiger partial charge >= 0.3 is 0 Å². The highest BCUT2D eigenvalue weighted by Gasteiger charge is 2.51. The maximum atomic E-state index is 13.2. The van der Waals surface area contributed by atoms with Gasteiger partial charge in [0, 0.05) is 6.42 Å². The van der Waals surface area contributed by atoms with Gasteiger partial charge in [0.1, 0.15) is 48.8 Å². The second-order valence-corrected chi connectivity index (χ2v) is 20.1. The molecule has 0 bridgehead atoms. The van der Waals surface area contributed by atoms with Crippen LogP contribution in [0.2, 0.25) is 0 Å². The van der Waals surface area contributed by atoms with Crippen molar-refractivity contribution in [1.29, 1.82) is 0 Å². The minimum Gasteiger partial charge on any atom is -0.394 e. The summed E-state index contributed by atoms with van der Waals surface area (Å²) in [7, 11) is 0. The first kappa shape index (κ1) is 65.8. The van der Waals surface area contributed by atoms with Gasteiger partial charge in [0.15, 0.2) is 12.6 Å². The summed E-state index contributed by atoms with van der Waals surface area (Å²) in [6.07, 6.45) is 38.3. The molecule has 12 unspecified atom stereocenters. The molecule has 0 spiro atoms. The van der Waals surface area contributed by atoms with Crippen molar-refractivity contribution in [3.63, 3.8) is 0 Å².